The fourth-order valence-electron chi connectivity index (χ4n) is 2.03. The van der Waals surface area contributed by atoms with Crippen molar-refractivity contribution < 1.29 is 4.74 Å². The fraction of sp³-hybridized carbons (Fsp3) is 0.462. The SMILES string of the molecule is N#CC1CCOC1CCc1ccccc1. The predicted octanol–water partition coefficient (Wildman–Crippen LogP) is 2.55. The summed E-state index contributed by atoms with van der Waals surface area (Å²) in [5.41, 5.74) is 1.32. The Morgan fingerprint density at radius 1 is 1.33 bits per heavy atom. The van der Waals surface area contributed by atoms with Gasteiger partial charge in [0.2, 0.25) is 0 Å². The molecule has 2 rings (SSSR count). The minimum absolute atomic E-state index is 0.105. The van der Waals surface area contributed by atoms with E-state index < -0.39 is 0 Å². The number of rotatable bonds is 3. The van der Waals surface area contributed by atoms with Gasteiger partial charge < -0.3 is 4.74 Å². The molecule has 0 aliphatic carbocycles. The van der Waals surface area contributed by atoms with Gasteiger partial charge in [-0.1, -0.05) is 30.3 Å². The Morgan fingerprint density at radius 2 is 2.13 bits per heavy atom. The molecule has 1 fully saturated rings. The van der Waals surface area contributed by atoms with Gasteiger partial charge in [-0.3, -0.25) is 0 Å². The molecule has 15 heavy (non-hydrogen) atoms. The minimum Gasteiger partial charge on any atom is -0.377 e. The Bertz CT molecular complexity index is 341. The van der Waals surface area contributed by atoms with Crippen molar-refractivity contribution in [2.45, 2.75) is 25.4 Å². The van der Waals surface area contributed by atoms with Gasteiger partial charge in [-0.25, -0.2) is 0 Å². The number of hydrogen-bond acceptors (Lipinski definition) is 2. The largest absolute Gasteiger partial charge is 0.377 e. The first-order valence-corrected chi connectivity index (χ1v) is 5.45. The van der Waals surface area contributed by atoms with Crippen LogP contribution in [0.3, 0.4) is 0 Å². The lowest BCUT2D eigenvalue weighted by atomic mass is 9.97. The molecule has 0 amide bonds. The zero-order valence-corrected chi connectivity index (χ0v) is 8.73. The molecule has 0 bridgehead atoms. The second-order valence-electron chi connectivity index (χ2n) is 3.96. The van der Waals surface area contributed by atoms with Crippen LogP contribution in [0.1, 0.15) is 18.4 Å². The van der Waals surface area contributed by atoms with Crippen molar-refractivity contribution in [2.75, 3.05) is 6.61 Å². The number of ether oxygens (including phenoxy) is 1. The van der Waals surface area contributed by atoms with Crippen molar-refractivity contribution in [3.05, 3.63) is 35.9 Å². The molecule has 0 radical (unpaired) electrons. The average molecular weight is 201 g/mol. The van der Waals surface area contributed by atoms with E-state index in [1.165, 1.54) is 5.56 Å². The molecule has 2 atom stereocenters. The molecule has 0 N–H and O–H groups in total. The van der Waals surface area contributed by atoms with Crippen molar-refractivity contribution in [3.8, 4) is 6.07 Å². The number of benzene rings is 1. The van der Waals surface area contributed by atoms with Crippen LogP contribution in [0.2, 0.25) is 0 Å². The summed E-state index contributed by atoms with van der Waals surface area (Å²) in [7, 11) is 0. The van der Waals surface area contributed by atoms with Gasteiger partial charge in [0.05, 0.1) is 18.1 Å². The van der Waals surface area contributed by atoms with Crippen molar-refractivity contribution in [2.24, 2.45) is 5.92 Å². The molecule has 1 aliphatic rings. The maximum atomic E-state index is 8.90. The molecule has 1 aromatic carbocycles. The fourth-order valence-corrected chi connectivity index (χ4v) is 2.03. The Kier molecular flexibility index (Phi) is 3.37. The first-order valence-electron chi connectivity index (χ1n) is 5.45. The van der Waals surface area contributed by atoms with E-state index in [1.807, 2.05) is 18.2 Å². The van der Waals surface area contributed by atoms with Crippen LogP contribution < -0.4 is 0 Å². The van der Waals surface area contributed by atoms with Gasteiger partial charge in [0.1, 0.15) is 0 Å². The molecular weight excluding hydrogens is 186 g/mol. The van der Waals surface area contributed by atoms with Gasteiger partial charge in [-0.05, 0) is 24.8 Å². The quantitative estimate of drug-likeness (QED) is 0.753. The molecule has 2 heteroatoms. The zero-order chi connectivity index (χ0) is 10.5. The highest BCUT2D eigenvalue weighted by Gasteiger charge is 2.27. The summed E-state index contributed by atoms with van der Waals surface area (Å²) >= 11 is 0. The lowest BCUT2D eigenvalue weighted by Gasteiger charge is -2.12. The van der Waals surface area contributed by atoms with Gasteiger partial charge in [0.15, 0.2) is 0 Å². The summed E-state index contributed by atoms with van der Waals surface area (Å²) in [4.78, 5) is 0. The summed E-state index contributed by atoms with van der Waals surface area (Å²) in [5, 5.41) is 8.90. The Labute approximate surface area is 90.5 Å². The van der Waals surface area contributed by atoms with Crippen LogP contribution in [-0.2, 0) is 11.2 Å². The molecular formula is C13H15NO. The number of nitrogens with zero attached hydrogens (tertiary/aromatic N) is 1. The van der Waals surface area contributed by atoms with Crippen LogP contribution in [0.5, 0.6) is 0 Å². The summed E-state index contributed by atoms with van der Waals surface area (Å²) in [6, 6.07) is 12.7. The summed E-state index contributed by atoms with van der Waals surface area (Å²) in [6.07, 6.45) is 3.01. The van der Waals surface area contributed by atoms with E-state index >= 15 is 0 Å². The molecule has 1 saturated heterocycles. The van der Waals surface area contributed by atoms with Crippen LogP contribution in [-0.4, -0.2) is 12.7 Å². The maximum absolute atomic E-state index is 8.90. The molecule has 1 aromatic rings. The lowest BCUT2D eigenvalue weighted by Crippen LogP contribution is -2.15. The monoisotopic (exact) mass is 201 g/mol. The number of nitriles is 1. The summed E-state index contributed by atoms with van der Waals surface area (Å²) < 4.78 is 5.56. The Hall–Kier alpha value is -1.33. The molecule has 0 saturated carbocycles. The highest BCUT2D eigenvalue weighted by Crippen LogP contribution is 2.23. The molecule has 0 spiro atoms. The molecule has 2 nitrogen and oxygen atoms in total. The van der Waals surface area contributed by atoms with Crippen LogP contribution in [0, 0.1) is 17.2 Å². The number of hydrogen-bond donors (Lipinski definition) is 0. The number of aryl methyl sites for hydroxylation is 1. The minimum atomic E-state index is 0.105. The van der Waals surface area contributed by atoms with Crippen LogP contribution in [0.15, 0.2) is 30.3 Å². The van der Waals surface area contributed by atoms with E-state index in [0.717, 1.165) is 25.9 Å². The zero-order valence-electron chi connectivity index (χ0n) is 8.73. The van der Waals surface area contributed by atoms with Crippen LogP contribution in [0.4, 0.5) is 0 Å². The Morgan fingerprint density at radius 3 is 2.87 bits per heavy atom. The normalized spacial score (nSPS) is 25.0. The van der Waals surface area contributed by atoms with Crippen molar-refractivity contribution in [1.82, 2.24) is 0 Å². The van der Waals surface area contributed by atoms with Crippen molar-refractivity contribution in [1.29, 1.82) is 5.26 Å². The highest BCUT2D eigenvalue weighted by molar-refractivity contribution is 5.15. The van der Waals surface area contributed by atoms with Crippen LogP contribution in [0.25, 0.3) is 0 Å². The smallest absolute Gasteiger partial charge is 0.0747 e. The second kappa shape index (κ2) is 4.95. The standard InChI is InChI=1S/C13H15NO/c14-10-12-8-9-15-13(12)7-6-11-4-2-1-3-5-11/h1-5,12-13H,6-9H2. The average Bonchev–Trinajstić information content (AvgIpc) is 2.75. The molecule has 1 aliphatic heterocycles. The first kappa shape index (κ1) is 10.2. The summed E-state index contributed by atoms with van der Waals surface area (Å²) in [5.74, 6) is 0.105. The van der Waals surface area contributed by atoms with Crippen molar-refractivity contribution >= 4 is 0 Å². The molecule has 78 valence electrons. The van der Waals surface area contributed by atoms with Gasteiger partial charge in [0, 0.05) is 6.61 Å². The highest BCUT2D eigenvalue weighted by atomic mass is 16.5. The van der Waals surface area contributed by atoms with E-state index in [4.69, 9.17) is 10.00 Å². The third-order valence-electron chi connectivity index (χ3n) is 2.94. The molecule has 1 heterocycles. The maximum Gasteiger partial charge on any atom is 0.0747 e. The van der Waals surface area contributed by atoms with Crippen molar-refractivity contribution in [3.63, 3.8) is 0 Å². The second-order valence-corrected chi connectivity index (χ2v) is 3.96. The van der Waals surface area contributed by atoms with E-state index in [-0.39, 0.29) is 12.0 Å². The Balaban J connectivity index is 1.86. The van der Waals surface area contributed by atoms with E-state index in [1.54, 1.807) is 0 Å². The van der Waals surface area contributed by atoms with Crippen LogP contribution >= 0.6 is 0 Å². The topological polar surface area (TPSA) is 33.0 Å². The van der Waals surface area contributed by atoms with E-state index in [2.05, 4.69) is 18.2 Å². The molecule has 2 unspecified atom stereocenters. The van der Waals surface area contributed by atoms with Gasteiger partial charge in [-0.2, -0.15) is 5.26 Å². The summed E-state index contributed by atoms with van der Waals surface area (Å²) in [6.45, 7) is 0.748. The van der Waals surface area contributed by atoms with Gasteiger partial charge >= 0.3 is 0 Å². The third-order valence-corrected chi connectivity index (χ3v) is 2.94. The van der Waals surface area contributed by atoms with E-state index in [9.17, 15) is 0 Å². The first-order chi connectivity index (χ1) is 7.40. The third kappa shape index (κ3) is 2.57. The lowest BCUT2D eigenvalue weighted by molar-refractivity contribution is 0.0934. The van der Waals surface area contributed by atoms with Gasteiger partial charge in [0.25, 0.3) is 0 Å². The van der Waals surface area contributed by atoms with Gasteiger partial charge in [-0.15, -0.1) is 0 Å². The van der Waals surface area contributed by atoms with E-state index in [0.29, 0.717) is 0 Å². The predicted molar refractivity (Wildman–Crippen MR) is 58.2 cm³/mol. The molecule has 0 aromatic heterocycles.